The molecule has 1 aromatic heterocycles. The number of carbonyl (C=O) groups is 1. The molecule has 1 aromatic carbocycles. The van der Waals surface area contributed by atoms with Crippen LogP contribution in [0.5, 0.6) is 0 Å². The van der Waals surface area contributed by atoms with Gasteiger partial charge in [-0.15, -0.1) is 0 Å². The molecule has 18 heavy (non-hydrogen) atoms. The average Bonchev–Trinajstić information content (AvgIpc) is 2.75. The summed E-state index contributed by atoms with van der Waals surface area (Å²) in [6, 6.07) is 6.51. The maximum absolute atomic E-state index is 13.3. The van der Waals surface area contributed by atoms with Gasteiger partial charge in [-0.2, -0.15) is 0 Å². The van der Waals surface area contributed by atoms with E-state index < -0.39 is 5.97 Å². The van der Waals surface area contributed by atoms with E-state index in [4.69, 9.17) is 9.52 Å². The normalized spacial score (nSPS) is 10.5. The summed E-state index contributed by atoms with van der Waals surface area (Å²) in [6.07, 6.45) is 2.12. The van der Waals surface area contributed by atoms with E-state index in [0.29, 0.717) is 30.1 Å². The zero-order chi connectivity index (χ0) is 13.0. The SMILES string of the molecule is O=C(O)Cc1cnc(CCc2ccccc2F)o1. The minimum atomic E-state index is -0.966. The summed E-state index contributed by atoms with van der Waals surface area (Å²) in [5, 5.41) is 8.58. The Morgan fingerprint density at radius 1 is 1.33 bits per heavy atom. The highest BCUT2D eigenvalue weighted by atomic mass is 19.1. The van der Waals surface area contributed by atoms with Gasteiger partial charge in [0.2, 0.25) is 0 Å². The Morgan fingerprint density at radius 2 is 2.11 bits per heavy atom. The second-order valence-electron chi connectivity index (χ2n) is 3.88. The van der Waals surface area contributed by atoms with E-state index in [0.717, 1.165) is 0 Å². The highest BCUT2D eigenvalue weighted by molar-refractivity contribution is 5.69. The van der Waals surface area contributed by atoms with Gasteiger partial charge in [-0.1, -0.05) is 18.2 Å². The molecular weight excluding hydrogens is 237 g/mol. The van der Waals surface area contributed by atoms with Gasteiger partial charge in [-0.3, -0.25) is 4.79 Å². The standard InChI is InChI=1S/C13H12FNO3/c14-11-4-2-1-3-9(11)5-6-12-15-8-10(18-12)7-13(16)17/h1-4,8H,5-7H2,(H,16,17). The number of hydrogen-bond acceptors (Lipinski definition) is 3. The van der Waals surface area contributed by atoms with E-state index >= 15 is 0 Å². The van der Waals surface area contributed by atoms with Gasteiger partial charge in [0, 0.05) is 6.42 Å². The third kappa shape index (κ3) is 3.16. The summed E-state index contributed by atoms with van der Waals surface area (Å²) in [7, 11) is 0. The van der Waals surface area contributed by atoms with Gasteiger partial charge in [0.1, 0.15) is 18.0 Å². The summed E-state index contributed by atoms with van der Waals surface area (Å²) < 4.78 is 18.6. The topological polar surface area (TPSA) is 63.3 Å². The zero-order valence-corrected chi connectivity index (χ0v) is 9.60. The van der Waals surface area contributed by atoms with Crippen molar-refractivity contribution in [2.75, 3.05) is 0 Å². The molecule has 0 amide bonds. The summed E-state index contributed by atoms with van der Waals surface area (Å²) in [5.74, 6) is -0.484. The number of benzene rings is 1. The van der Waals surface area contributed by atoms with Crippen molar-refractivity contribution in [3.05, 3.63) is 53.5 Å². The Balaban J connectivity index is 1.96. The number of carboxylic acid groups (broad SMARTS) is 1. The van der Waals surface area contributed by atoms with Crippen molar-refractivity contribution >= 4 is 5.97 Å². The van der Waals surface area contributed by atoms with Gasteiger partial charge in [-0.05, 0) is 18.1 Å². The third-order valence-corrected chi connectivity index (χ3v) is 2.49. The van der Waals surface area contributed by atoms with Crippen molar-refractivity contribution in [2.45, 2.75) is 19.3 Å². The lowest BCUT2D eigenvalue weighted by molar-refractivity contribution is -0.136. The number of aromatic nitrogens is 1. The minimum absolute atomic E-state index is 0.188. The quantitative estimate of drug-likeness (QED) is 0.882. The lowest BCUT2D eigenvalue weighted by atomic mass is 10.1. The van der Waals surface area contributed by atoms with E-state index in [-0.39, 0.29) is 12.2 Å². The first kappa shape index (κ1) is 12.3. The van der Waals surface area contributed by atoms with E-state index in [1.807, 2.05) is 0 Å². The lowest BCUT2D eigenvalue weighted by Crippen LogP contribution is -1.98. The van der Waals surface area contributed by atoms with Crippen molar-refractivity contribution in [1.29, 1.82) is 0 Å². The second kappa shape index (κ2) is 5.44. The summed E-state index contributed by atoms with van der Waals surface area (Å²) in [6.45, 7) is 0. The molecule has 1 N–H and O–H groups in total. The molecule has 0 spiro atoms. The summed E-state index contributed by atoms with van der Waals surface area (Å²) >= 11 is 0. The molecule has 0 aliphatic carbocycles. The highest BCUT2D eigenvalue weighted by Gasteiger charge is 2.09. The predicted octanol–water partition coefficient (Wildman–Crippen LogP) is 2.23. The molecule has 0 saturated carbocycles. The Hall–Kier alpha value is -2.17. The minimum Gasteiger partial charge on any atom is -0.481 e. The molecule has 0 atom stereocenters. The van der Waals surface area contributed by atoms with Crippen molar-refractivity contribution in [3.63, 3.8) is 0 Å². The van der Waals surface area contributed by atoms with Crippen LogP contribution >= 0.6 is 0 Å². The fraction of sp³-hybridized carbons (Fsp3) is 0.231. The molecular formula is C13H12FNO3. The van der Waals surface area contributed by atoms with E-state index in [1.165, 1.54) is 12.3 Å². The summed E-state index contributed by atoms with van der Waals surface area (Å²) in [5.41, 5.74) is 0.593. The molecule has 4 nitrogen and oxygen atoms in total. The predicted molar refractivity (Wildman–Crippen MR) is 61.7 cm³/mol. The van der Waals surface area contributed by atoms with Crippen molar-refractivity contribution in [1.82, 2.24) is 4.98 Å². The number of rotatable bonds is 5. The van der Waals surface area contributed by atoms with Gasteiger partial charge >= 0.3 is 5.97 Å². The molecule has 0 saturated heterocycles. The zero-order valence-electron chi connectivity index (χ0n) is 9.60. The first-order valence-electron chi connectivity index (χ1n) is 5.54. The van der Waals surface area contributed by atoms with Crippen LogP contribution in [0.25, 0.3) is 0 Å². The Morgan fingerprint density at radius 3 is 2.83 bits per heavy atom. The number of hydrogen-bond donors (Lipinski definition) is 1. The molecule has 0 aliphatic heterocycles. The van der Waals surface area contributed by atoms with E-state index in [2.05, 4.69) is 4.98 Å². The maximum atomic E-state index is 13.3. The van der Waals surface area contributed by atoms with Crippen LogP contribution in [-0.4, -0.2) is 16.1 Å². The molecule has 1 heterocycles. The molecule has 2 rings (SSSR count). The Kier molecular flexibility index (Phi) is 3.72. The Bertz CT molecular complexity index is 551. The molecule has 0 aliphatic rings. The van der Waals surface area contributed by atoms with Crippen LogP contribution in [0.4, 0.5) is 4.39 Å². The number of oxazole rings is 1. The van der Waals surface area contributed by atoms with Gasteiger partial charge in [0.05, 0.1) is 6.20 Å². The van der Waals surface area contributed by atoms with Crippen LogP contribution in [0.1, 0.15) is 17.2 Å². The fourth-order valence-electron chi connectivity index (χ4n) is 1.64. The number of aliphatic carboxylic acids is 1. The second-order valence-corrected chi connectivity index (χ2v) is 3.88. The molecule has 0 fully saturated rings. The molecule has 2 aromatic rings. The van der Waals surface area contributed by atoms with E-state index in [9.17, 15) is 9.18 Å². The fourth-order valence-corrected chi connectivity index (χ4v) is 1.64. The molecule has 0 unspecified atom stereocenters. The first-order chi connectivity index (χ1) is 8.65. The molecule has 5 heteroatoms. The average molecular weight is 249 g/mol. The first-order valence-corrected chi connectivity index (χ1v) is 5.54. The van der Waals surface area contributed by atoms with Gasteiger partial charge < -0.3 is 9.52 Å². The van der Waals surface area contributed by atoms with Crippen molar-refractivity contribution < 1.29 is 18.7 Å². The number of halogens is 1. The lowest BCUT2D eigenvalue weighted by Gasteiger charge is -2.00. The van der Waals surface area contributed by atoms with Crippen LogP contribution in [0.3, 0.4) is 0 Å². The number of nitrogens with zero attached hydrogens (tertiary/aromatic N) is 1. The van der Waals surface area contributed by atoms with Crippen LogP contribution < -0.4 is 0 Å². The monoisotopic (exact) mass is 249 g/mol. The van der Waals surface area contributed by atoms with Crippen LogP contribution in [-0.2, 0) is 24.1 Å². The largest absolute Gasteiger partial charge is 0.481 e. The third-order valence-electron chi connectivity index (χ3n) is 2.49. The van der Waals surface area contributed by atoms with Crippen LogP contribution in [0, 0.1) is 5.82 Å². The van der Waals surface area contributed by atoms with Gasteiger partial charge in [0.25, 0.3) is 0 Å². The van der Waals surface area contributed by atoms with E-state index in [1.54, 1.807) is 18.2 Å². The van der Waals surface area contributed by atoms with Crippen LogP contribution in [0.2, 0.25) is 0 Å². The molecule has 94 valence electrons. The Labute approximate surface area is 103 Å². The number of carboxylic acids is 1. The van der Waals surface area contributed by atoms with Gasteiger partial charge in [-0.25, -0.2) is 9.37 Å². The van der Waals surface area contributed by atoms with Crippen molar-refractivity contribution in [2.24, 2.45) is 0 Å². The van der Waals surface area contributed by atoms with Crippen LogP contribution in [0.15, 0.2) is 34.9 Å². The smallest absolute Gasteiger partial charge is 0.311 e. The highest BCUT2D eigenvalue weighted by Crippen LogP contribution is 2.11. The molecule has 0 radical (unpaired) electrons. The summed E-state index contributed by atoms with van der Waals surface area (Å²) in [4.78, 5) is 14.4. The van der Waals surface area contributed by atoms with Crippen molar-refractivity contribution in [3.8, 4) is 0 Å². The maximum Gasteiger partial charge on any atom is 0.311 e. The molecule has 0 bridgehead atoms. The van der Waals surface area contributed by atoms with Gasteiger partial charge in [0.15, 0.2) is 5.89 Å². The number of aryl methyl sites for hydroxylation is 2.